The van der Waals surface area contributed by atoms with Crippen LogP contribution in [0.15, 0.2) is 24.3 Å². The summed E-state index contributed by atoms with van der Waals surface area (Å²) in [6, 6.07) is 7.84. The van der Waals surface area contributed by atoms with Gasteiger partial charge >= 0.3 is 0 Å². The van der Waals surface area contributed by atoms with Gasteiger partial charge < -0.3 is 15.2 Å². The predicted molar refractivity (Wildman–Crippen MR) is 101 cm³/mol. The number of imidazole rings is 1. The van der Waals surface area contributed by atoms with Gasteiger partial charge in [0.1, 0.15) is 12.4 Å². The van der Waals surface area contributed by atoms with Gasteiger partial charge in [-0.25, -0.2) is 4.98 Å². The molecule has 0 unspecified atom stereocenters. The number of nitrogens with zero attached hydrogens (tertiary/aromatic N) is 2. The van der Waals surface area contributed by atoms with Crippen molar-refractivity contribution in [1.82, 2.24) is 20.2 Å². The van der Waals surface area contributed by atoms with Gasteiger partial charge in [0.25, 0.3) is 0 Å². The summed E-state index contributed by atoms with van der Waals surface area (Å²) in [7, 11) is 0. The van der Waals surface area contributed by atoms with E-state index in [0.29, 0.717) is 12.4 Å². The first-order valence-electron chi connectivity index (χ1n) is 9.56. The van der Waals surface area contributed by atoms with Crippen molar-refractivity contribution in [2.24, 2.45) is 5.92 Å². The number of aromatic nitrogens is 2. The minimum absolute atomic E-state index is 0.0528. The van der Waals surface area contributed by atoms with Crippen molar-refractivity contribution in [1.29, 1.82) is 0 Å². The van der Waals surface area contributed by atoms with Crippen molar-refractivity contribution in [3.63, 3.8) is 0 Å². The van der Waals surface area contributed by atoms with E-state index in [1.807, 2.05) is 42.7 Å². The minimum Gasteiger partial charge on any atom is -0.352 e. The lowest BCUT2D eigenvalue weighted by molar-refractivity contribution is -0.126. The zero-order valence-electron chi connectivity index (χ0n) is 15.6. The van der Waals surface area contributed by atoms with E-state index in [1.54, 1.807) is 0 Å². The van der Waals surface area contributed by atoms with Gasteiger partial charge in [-0.1, -0.05) is 31.4 Å². The lowest BCUT2D eigenvalue weighted by Gasteiger charge is -2.20. The molecule has 0 saturated heterocycles. The number of benzene rings is 1. The fraction of sp³-hybridized carbons (Fsp3) is 0.550. The smallest absolute Gasteiger partial charge is 0.240 e. The summed E-state index contributed by atoms with van der Waals surface area (Å²) in [6.45, 7) is 4.43. The maximum atomic E-state index is 12.4. The van der Waals surface area contributed by atoms with Crippen LogP contribution in [-0.2, 0) is 22.7 Å². The Hall–Kier alpha value is -2.37. The maximum Gasteiger partial charge on any atom is 0.240 e. The number of hydrogen-bond acceptors (Lipinski definition) is 3. The molecule has 3 rings (SSSR count). The number of amides is 2. The Morgan fingerprint density at radius 1 is 1.19 bits per heavy atom. The van der Waals surface area contributed by atoms with Crippen LogP contribution in [0.25, 0.3) is 11.0 Å². The van der Waals surface area contributed by atoms with Crippen LogP contribution < -0.4 is 10.6 Å². The van der Waals surface area contributed by atoms with E-state index in [1.165, 1.54) is 6.42 Å². The number of fused-ring (bicyclic) bond motifs is 1. The SMILES string of the molecule is CC(C)NC(=O)Cn1c(CNC(=O)C2CCCCC2)nc2ccccc21. The van der Waals surface area contributed by atoms with E-state index < -0.39 is 0 Å². The van der Waals surface area contributed by atoms with E-state index in [4.69, 9.17) is 0 Å². The molecule has 1 heterocycles. The zero-order valence-corrected chi connectivity index (χ0v) is 15.6. The Morgan fingerprint density at radius 2 is 1.92 bits per heavy atom. The van der Waals surface area contributed by atoms with Crippen LogP contribution in [0.4, 0.5) is 0 Å². The molecular formula is C20H28N4O2. The average Bonchev–Trinajstić information content (AvgIpc) is 2.97. The molecule has 1 aliphatic rings. The molecule has 0 aliphatic heterocycles. The van der Waals surface area contributed by atoms with Crippen molar-refractivity contribution in [3.8, 4) is 0 Å². The number of rotatable bonds is 6. The second kappa shape index (κ2) is 8.34. The van der Waals surface area contributed by atoms with Crippen molar-refractivity contribution >= 4 is 22.8 Å². The molecule has 140 valence electrons. The summed E-state index contributed by atoms with van der Waals surface area (Å²) < 4.78 is 1.90. The summed E-state index contributed by atoms with van der Waals surface area (Å²) in [5.41, 5.74) is 1.75. The molecule has 1 aromatic carbocycles. The average molecular weight is 356 g/mol. The highest BCUT2D eigenvalue weighted by molar-refractivity contribution is 5.82. The molecule has 2 amide bonds. The van der Waals surface area contributed by atoms with E-state index in [2.05, 4.69) is 15.6 Å². The monoisotopic (exact) mass is 356 g/mol. The highest BCUT2D eigenvalue weighted by atomic mass is 16.2. The normalized spacial score (nSPS) is 15.3. The fourth-order valence-electron chi connectivity index (χ4n) is 3.62. The molecule has 1 saturated carbocycles. The van der Waals surface area contributed by atoms with E-state index in [0.717, 1.165) is 36.7 Å². The number of para-hydroxylation sites is 2. The lowest BCUT2D eigenvalue weighted by Crippen LogP contribution is -2.35. The van der Waals surface area contributed by atoms with Crippen LogP contribution in [0.1, 0.15) is 51.8 Å². The van der Waals surface area contributed by atoms with Crippen LogP contribution in [0, 0.1) is 5.92 Å². The van der Waals surface area contributed by atoms with Gasteiger partial charge in [0.05, 0.1) is 17.6 Å². The van der Waals surface area contributed by atoms with Crippen LogP contribution >= 0.6 is 0 Å². The molecule has 2 aromatic rings. The quantitative estimate of drug-likeness (QED) is 0.836. The first-order valence-corrected chi connectivity index (χ1v) is 9.56. The zero-order chi connectivity index (χ0) is 18.5. The van der Waals surface area contributed by atoms with Crippen LogP contribution in [0.2, 0.25) is 0 Å². The first kappa shape index (κ1) is 18.4. The van der Waals surface area contributed by atoms with E-state index >= 15 is 0 Å². The predicted octanol–water partition coefficient (Wildman–Crippen LogP) is 2.76. The molecule has 6 nitrogen and oxygen atoms in total. The van der Waals surface area contributed by atoms with Crippen molar-refractivity contribution in [2.45, 2.75) is 65.1 Å². The number of hydrogen-bond donors (Lipinski definition) is 2. The Bertz CT molecular complexity index is 775. The molecule has 1 aliphatic carbocycles. The summed E-state index contributed by atoms with van der Waals surface area (Å²) in [4.78, 5) is 29.3. The lowest BCUT2D eigenvalue weighted by atomic mass is 9.89. The second-order valence-electron chi connectivity index (χ2n) is 7.38. The van der Waals surface area contributed by atoms with Crippen molar-refractivity contribution in [2.75, 3.05) is 0 Å². The number of carbonyl (C=O) groups excluding carboxylic acids is 2. The molecule has 1 aromatic heterocycles. The van der Waals surface area contributed by atoms with Crippen LogP contribution in [-0.4, -0.2) is 27.4 Å². The second-order valence-corrected chi connectivity index (χ2v) is 7.38. The molecule has 6 heteroatoms. The molecule has 0 radical (unpaired) electrons. The fourth-order valence-corrected chi connectivity index (χ4v) is 3.62. The van der Waals surface area contributed by atoms with Gasteiger partial charge in [-0.05, 0) is 38.8 Å². The third-order valence-electron chi connectivity index (χ3n) is 4.88. The standard InChI is InChI=1S/C20H28N4O2/c1-14(2)22-19(25)13-24-17-11-7-6-10-16(17)23-18(24)12-21-20(26)15-8-4-3-5-9-15/h6-7,10-11,14-15H,3-5,8-9,12-13H2,1-2H3,(H,21,26)(H,22,25). The highest BCUT2D eigenvalue weighted by Crippen LogP contribution is 2.24. The molecule has 1 fully saturated rings. The molecule has 0 spiro atoms. The first-order chi connectivity index (χ1) is 12.5. The molecule has 0 bridgehead atoms. The Morgan fingerprint density at radius 3 is 2.65 bits per heavy atom. The summed E-state index contributed by atoms with van der Waals surface area (Å²) in [5.74, 6) is 0.887. The molecule has 2 N–H and O–H groups in total. The van der Waals surface area contributed by atoms with Gasteiger partial charge in [0.2, 0.25) is 11.8 Å². The Balaban J connectivity index is 1.75. The molecular weight excluding hydrogens is 328 g/mol. The maximum absolute atomic E-state index is 12.4. The van der Waals surface area contributed by atoms with Gasteiger partial charge in [-0.3, -0.25) is 9.59 Å². The van der Waals surface area contributed by atoms with Crippen LogP contribution in [0.5, 0.6) is 0 Å². The topological polar surface area (TPSA) is 76.0 Å². The van der Waals surface area contributed by atoms with Gasteiger partial charge in [-0.15, -0.1) is 0 Å². The van der Waals surface area contributed by atoms with Gasteiger partial charge in [-0.2, -0.15) is 0 Å². The number of carbonyl (C=O) groups is 2. The molecule has 26 heavy (non-hydrogen) atoms. The Labute approximate surface area is 154 Å². The highest BCUT2D eigenvalue weighted by Gasteiger charge is 2.22. The van der Waals surface area contributed by atoms with Gasteiger partial charge in [0.15, 0.2) is 0 Å². The summed E-state index contributed by atoms with van der Waals surface area (Å²) >= 11 is 0. The largest absolute Gasteiger partial charge is 0.352 e. The third kappa shape index (κ3) is 4.42. The summed E-state index contributed by atoms with van der Waals surface area (Å²) in [5, 5.41) is 5.94. The van der Waals surface area contributed by atoms with E-state index in [9.17, 15) is 9.59 Å². The van der Waals surface area contributed by atoms with Gasteiger partial charge in [0, 0.05) is 12.0 Å². The van der Waals surface area contributed by atoms with Crippen molar-refractivity contribution in [3.05, 3.63) is 30.1 Å². The van der Waals surface area contributed by atoms with Crippen molar-refractivity contribution < 1.29 is 9.59 Å². The van der Waals surface area contributed by atoms with Crippen LogP contribution in [0.3, 0.4) is 0 Å². The Kier molecular flexibility index (Phi) is 5.91. The minimum atomic E-state index is -0.0528. The van der Waals surface area contributed by atoms with E-state index in [-0.39, 0.29) is 30.3 Å². The third-order valence-corrected chi connectivity index (χ3v) is 4.88. The number of nitrogens with one attached hydrogen (secondary N) is 2. The summed E-state index contributed by atoms with van der Waals surface area (Å²) in [6.07, 6.45) is 5.43. The molecule has 0 atom stereocenters.